The number of rotatable bonds is 8. The molecule has 1 aliphatic rings. The molecule has 1 amide bonds. The Labute approximate surface area is 162 Å². The second kappa shape index (κ2) is 11.9. The monoisotopic (exact) mass is 382 g/mol. The summed E-state index contributed by atoms with van der Waals surface area (Å²) in [6.45, 7) is 5.74. The number of nitrogens with one attached hydrogen (secondary N) is 2. The minimum Gasteiger partial charge on any atom is -0.463 e. The van der Waals surface area contributed by atoms with E-state index in [1.165, 1.54) is 0 Å². The molecule has 146 valence electrons. The molecule has 1 aromatic rings. The average molecular weight is 383 g/mol. The minimum atomic E-state index is -0.340. The van der Waals surface area contributed by atoms with Crippen molar-refractivity contribution in [2.45, 2.75) is 58.1 Å². The molecule has 26 heavy (non-hydrogen) atoms. The smallest absolute Gasteiger partial charge is 0.308 e. The predicted octanol–water partition coefficient (Wildman–Crippen LogP) is 3.39. The number of carbonyl (C=O) groups excluding carboxylic acids is 2. The quantitative estimate of drug-likeness (QED) is 0.676. The molecule has 1 unspecified atom stereocenters. The number of hydrogen-bond acceptors (Lipinski definition) is 4. The van der Waals surface area contributed by atoms with Crippen LogP contribution in [0.25, 0.3) is 0 Å². The fourth-order valence-electron chi connectivity index (χ4n) is 3.19. The highest BCUT2D eigenvalue weighted by molar-refractivity contribution is 5.85. The van der Waals surface area contributed by atoms with E-state index in [-0.39, 0.29) is 42.9 Å². The van der Waals surface area contributed by atoms with Gasteiger partial charge in [0.1, 0.15) is 0 Å². The van der Waals surface area contributed by atoms with Gasteiger partial charge in [-0.2, -0.15) is 0 Å². The first-order valence-electron chi connectivity index (χ1n) is 9.29. The molecule has 0 bridgehead atoms. The van der Waals surface area contributed by atoms with E-state index in [1.54, 1.807) is 0 Å². The number of benzene rings is 1. The van der Waals surface area contributed by atoms with Gasteiger partial charge in [0.25, 0.3) is 0 Å². The number of piperidine rings is 1. The zero-order valence-corrected chi connectivity index (χ0v) is 16.5. The molecule has 0 radical (unpaired) electrons. The number of halogens is 1. The van der Waals surface area contributed by atoms with Gasteiger partial charge in [0.2, 0.25) is 5.91 Å². The molecule has 1 aliphatic heterocycles. The van der Waals surface area contributed by atoms with Crippen LogP contribution in [0, 0.1) is 5.92 Å². The Balaban J connectivity index is 0.00000338. The highest BCUT2D eigenvalue weighted by atomic mass is 35.5. The standard InChI is InChI=1S/C20H30N2O3.ClH/c1-15(2)25-20(24)14-18(17-6-4-3-5-7-17)22-19(23)9-8-16-10-12-21-13-11-16;/h3-7,15-16,18,21H,8-14H2,1-2H3,(H,22,23);1H. The summed E-state index contributed by atoms with van der Waals surface area (Å²) in [7, 11) is 0. The average Bonchev–Trinajstić information content (AvgIpc) is 2.60. The molecule has 0 aromatic heterocycles. The maximum absolute atomic E-state index is 12.4. The van der Waals surface area contributed by atoms with E-state index >= 15 is 0 Å². The largest absolute Gasteiger partial charge is 0.463 e. The van der Waals surface area contributed by atoms with Crippen molar-refractivity contribution in [1.82, 2.24) is 10.6 Å². The van der Waals surface area contributed by atoms with Gasteiger partial charge in [-0.15, -0.1) is 12.4 Å². The molecule has 1 saturated heterocycles. The molecule has 2 N–H and O–H groups in total. The van der Waals surface area contributed by atoms with E-state index in [2.05, 4.69) is 10.6 Å². The predicted molar refractivity (Wildman–Crippen MR) is 105 cm³/mol. The van der Waals surface area contributed by atoms with Crippen molar-refractivity contribution >= 4 is 24.3 Å². The van der Waals surface area contributed by atoms with Gasteiger partial charge in [-0.3, -0.25) is 9.59 Å². The first kappa shape index (κ1) is 22.5. The Bertz CT molecular complexity index is 545. The van der Waals surface area contributed by atoms with E-state index in [0.717, 1.165) is 37.9 Å². The molecule has 5 nitrogen and oxygen atoms in total. The summed E-state index contributed by atoms with van der Waals surface area (Å²) < 4.78 is 5.24. The van der Waals surface area contributed by atoms with Crippen molar-refractivity contribution in [3.05, 3.63) is 35.9 Å². The summed E-state index contributed by atoms with van der Waals surface area (Å²) in [5, 5.41) is 6.36. The topological polar surface area (TPSA) is 67.4 Å². The van der Waals surface area contributed by atoms with Crippen LogP contribution in [0.15, 0.2) is 30.3 Å². The third kappa shape index (κ3) is 8.19. The molecule has 0 aliphatic carbocycles. The summed E-state index contributed by atoms with van der Waals surface area (Å²) in [5.41, 5.74) is 0.929. The fraction of sp³-hybridized carbons (Fsp3) is 0.600. The van der Waals surface area contributed by atoms with Crippen molar-refractivity contribution in [2.24, 2.45) is 5.92 Å². The van der Waals surface area contributed by atoms with Crippen molar-refractivity contribution in [3.8, 4) is 0 Å². The van der Waals surface area contributed by atoms with Crippen LogP contribution in [-0.4, -0.2) is 31.1 Å². The van der Waals surface area contributed by atoms with Crippen LogP contribution in [-0.2, 0) is 14.3 Å². The summed E-state index contributed by atoms with van der Waals surface area (Å²) in [6.07, 6.45) is 3.69. The molecule has 1 aromatic carbocycles. The lowest BCUT2D eigenvalue weighted by atomic mass is 9.93. The second-order valence-corrected chi connectivity index (χ2v) is 7.01. The van der Waals surface area contributed by atoms with Gasteiger partial charge >= 0.3 is 5.97 Å². The van der Waals surface area contributed by atoms with Gasteiger partial charge in [0, 0.05) is 6.42 Å². The van der Waals surface area contributed by atoms with Crippen molar-refractivity contribution in [2.75, 3.05) is 13.1 Å². The Morgan fingerprint density at radius 3 is 2.46 bits per heavy atom. The molecule has 6 heteroatoms. The van der Waals surface area contributed by atoms with Crippen LogP contribution in [0.4, 0.5) is 0 Å². The van der Waals surface area contributed by atoms with Crippen LogP contribution >= 0.6 is 12.4 Å². The highest BCUT2D eigenvalue weighted by Gasteiger charge is 2.21. The van der Waals surface area contributed by atoms with Crippen LogP contribution in [0.3, 0.4) is 0 Å². The molecule has 0 spiro atoms. The van der Waals surface area contributed by atoms with Crippen molar-refractivity contribution in [3.63, 3.8) is 0 Å². The van der Waals surface area contributed by atoms with Gasteiger partial charge < -0.3 is 15.4 Å². The maximum atomic E-state index is 12.4. The summed E-state index contributed by atoms with van der Waals surface area (Å²) >= 11 is 0. The Kier molecular flexibility index (Phi) is 10.3. The van der Waals surface area contributed by atoms with Crippen LogP contribution in [0.2, 0.25) is 0 Å². The van der Waals surface area contributed by atoms with E-state index in [4.69, 9.17) is 4.74 Å². The minimum absolute atomic E-state index is 0. The molecule has 1 atom stereocenters. The fourth-order valence-corrected chi connectivity index (χ4v) is 3.19. The molecule has 1 heterocycles. The van der Waals surface area contributed by atoms with Crippen LogP contribution in [0.1, 0.15) is 57.6 Å². The first-order chi connectivity index (χ1) is 12.0. The number of carbonyl (C=O) groups is 2. The Morgan fingerprint density at radius 1 is 1.19 bits per heavy atom. The second-order valence-electron chi connectivity index (χ2n) is 7.01. The zero-order valence-electron chi connectivity index (χ0n) is 15.7. The molecular weight excluding hydrogens is 352 g/mol. The number of amides is 1. The van der Waals surface area contributed by atoms with Crippen molar-refractivity contribution in [1.29, 1.82) is 0 Å². The SMILES string of the molecule is CC(C)OC(=O)CC(NC(=O)CCC1CCNCC1)c1ccccc1.Cl. The molecular formula is C20H31ClN2O3. The Morgan fingerprint density at radius 2 is 1.85 bits per heavy atom. The summed E-state index contributed by atoms with van der Waals surface area (Å²) in [5.74, 6) is 0.334. The highest BCUT2D eigenvalue weighted by Crippen LogP contribution is 2.20. The zero-order chi connectivity index (χ0) is 18.1. The number of ether oxygens (including phenoxy) is 1. The molecule has 0 saturated carbocycles. The third-order valence-corrected chi connectivity index (χ3v) is 4.51. The summed E-state index contributed by atoms with van der Waals surface area (Å²) in [4.78, 5) is 24.4. The maximum Gasteiger partial charge on any atom is 0.308 e. The van der Waals surface area contributed by atoms with E-state index < -0.39 is 0 Å². The van der Waals surface area contributed by atoms with Crippen molar-refractivity contribution < 1.29 is 14.3 Å². The number of esters is 1. The lowest BCUT2D eigenvalue weighted by Gasteiger charge is -2.23. The number of hydrogen-bond donors (Lipinski definition) is 2. The normalized spacial score (nSPS) is 15.8. The third-order valence-electron chi connectivity index (χ3n) is 4.51. The first-order valence-corrected chi connectivity index (χ1v) is 9.29. The molecule has 1 fully saturated rings. The van der Waals surface area contributed by atoms with Gasteiger partial charge in [0.05, 0.1) is 18.6 Å². The van der Waals surface area contributed by atoms with Gasteiger partial charge in [-0.1, -0.05) is 30.3 Å². The lowest BCUT2D eigenvalue weighted by Crippen LogP contribution is -2.32. The van der Waals surface area contributed by atoms with E-state index in [0.29, 0.717) is 12.3 Å². The van der Waals surface area contributed by atoms with Crippen LogP contribution in [0.5, 0.6) is 0 Å². The lowest BCUT2D eigenvalue weighted by molar-refractivity contribution is -0.148. The van der Waals surface area contributed by atoms with Gasteiger partial charge in [-0.25, -0.2) is 0 Å². The van der Waals surface area contributed by atoms with Gasteiger partial charge in [0.15, 0.2) is 0 Å². The summed E-state index contributed by atoms with van der Waals surface area (Å²) in [6, 6.07) is 9.27. The van der Waals surface area contributed by atoms with E-state index in [9.17, 15) is 9.59 Å². The van der Waals surface area contributed by atoms with Gasteiger partial charge in [-0.05, 0) is 57.7 Å². The van der Waals surface area contributed by atoms with E-state index in [1.807, 2.05) is 44.2 Å². The Hall–Kier alpha value is -1.59. The molecule has 2 rings (SSSR count). The van der Waals surface area contributed by atoms with Crippen LogP contribution < -0.4 is 10.6 Å².